The van der Waals surface area contributed by atoms with Crippen LogP contribution in [0, 0.1) is 0 Å². The molecular formula is C18H16ClN3O. The fraction of sp³-hybridized carbons (Fsp3) is 0.111. The van der Waals surface area contributed by atoms with Gasteiger partial charge in [-0.3, -0.25) is 9.48 Å². The molecule has 0 aliphatic heterocycles. The van der Waals surface area contributed by atoms with E-state index in [4.69, 9.17) is 11.6 Å². The smallest absolute Gasteiger partial charge is 0.255 e. The molecule has 0 aliphatic rings. The van der Waals surface area contributed by atoms with Crippen LogP contribution >= 0.6 is 11.6 Å². The fourth-order valence-corrected chi connectivity index (χ4v) is 2.37. The third-order valence-electron chi connectivity index (χ3n) is 3.47. The molecule has 4 nitrogen and oxygen atoms in total. The summed E-state index contributed by atoms with van der Waals surface area (Å²) in [6, 6.07) is 17.0. The number of carbonyl (C=O) groups excluding carboxylic acids is 1. The molecule has 1 heterocycles. The predicted octanol–water partition coefficient (Wildman–Crippen LogP) is 4.03. The monoisotopic (exact) mass is 325 g/mol. The van der Waals surface area contributed by atoms with Gasteiger partial charge in [0.1, 0.15) is 0 Å². The Bertz CT molecular complexity index is 782. The minimum atomic E-state index is -0.177. The molecule has 0 saturated heterocycles. The molecule has 0 spiro atoms. The number of nitrogens with zero attached hydrogens (tertiary/aromatic N) is 2. The Morgan fingerprint density at radius 1 is 1.09 bits per heavy atom. The van der Waals surface area contributed by atoms with Crippen molar-refractivity contribution >= 4 is 23.2 Å². The van der Waals surface area contributed by atoms with E-state index in [9.17, 15) is 4.79 Å². The quantitative estimate of drug-likeness (QED) is 0.769. The average molecular weight is 326 g/mol. The van der Waals surface area contributed by atoms with E-state index in [2.05, 4.69) is 22.5 Å². The first kappa shape index (κ1) is 15.3. The van der Waals surface area contributed by atoms with Crippen LogP contribution in [0.4, 0.5) is 5.69 Å². The maximum Gasteiger partial charge on any atom is 0.255 e. The average Bonchev–Trinajstić information content (AvgIpc) is 3.02. The number of carbonyl (C=O) groups is 1. The third-order valence-corrected chi connectivity index (χ3v) is 3.72. The number of nitrogens with one attached hydrogen (secondary N) is 1. The lowest BCUT2D eigenvalue weighted by atomic mass is 10.1. The van der Waals surface area contributed by atoms with Crippen molar-refractivity contribution in [2.75, 3.05) is 5.32 Å². The molecule has 5 heteroatoms. The Kier molecular flexibility index (Phi) is 4.74. The van der Waals surface area contributed by atoms with Crippen molar-refractivity contribution in [3.63, 3.8) is 0 Å². The molecule has 0 atom stereocenters. The lowest BCUT2D eigenvalue weighted by Crippen LogP contribution is -2.11. The van der Waals surface area contributed by atoms with E-state index in [1.165, 1.54) is 5.56 Å². The van der Waals surface area contributed by atoms with Gasteiger partial charge in [0.05, 0.1) is 11.9 Å². The Balaban J connectivity index is 1.58. The molecule has 1 N–H and O–H groups in total. The van der Waals surface area contributed by atoms with Crippen molar-refractivity contribution < 1.29 is 4.79 Å². The maximum atomic E-state index is 12.1. The van der Waals surface area contributed by atoms with Crippen molar-refractivity contribution in [3.8, 4) is 0 Å². The van der Waals surface area contributed by atoms with Gasteiger partial charge in [0.15, 0.2) is 0 Å². The zero-order valence-corrected chi connectivity index (χ0v) is 13.2. The summed E-state index contributed by atoms with van der Waals surface area (Å²) < 4.78 is 1.82. The van der Waals surface area contributed by atoms with Crippen LogP contribution in [-0.4, -0.2) is 15.7 Å². The van der Waals surface area contributed by atoms with Crippen molar-refractivity contribution in [3.05, 3.63) is 83.1 Å². The lowest BCUT2D eigenvalue weighted by molar-refractivity contribution is 0.102. The number of anilines is 1. The normalized spacial score (nSPS) is 10.5. The molecule has 0 unspecified atom stereocenters. The molecule has 1 aromatic heterocycles. The number of amides is 1. The van der Waals surface area contributed by atoms with Gasteiger partial charge in [-0.25, -0.2) is 0 Å². The van der Waals surface area contributed by atoms with Gasteiger partial charge >= 0.3 is 0 Å². The summed E-state index contributed by atoms with van der Waals surface area (Å²) in [6.07, 6.45) is 4.38. The SMILES string of the molecule is O=C(Nc1cnn(CCc2ccccc2)c1)c1ccc(Cl)cc1. The van der Waals surface area contributed by atoms with E-state index in [1.807, 2.05) is 29.1 Å². The first-order valence-electron chi connectivity index (χ1n) is 7.34. The molecule has 116 valence electrons. The van der Waals surface area contributed by atoms with Crippen molar-refractivity contribution in [2.45, 2.75) is 13.0 Å². The standard InChI is InChI=1S/C18H16ClN3O/c19-16-8-6-15(7-9-16)18(23)21-17-12-20-22(13-17)11-10-14-4-2-1-3-5-14/h1-9,12-13H,10-11H2,(H,21,23). The second-order valence-electron chi connectivity index (χ2n) is 5.19. The van der Waals surface area contributed by atoms with Crippen LogP contribution in [0.3, 0.4) is 0 Å². The molecule has 23 heavy (non-hydrogen) atoms. The number of rotatable bonds is 5. The summed E-state index contributed by atoms with van der Waals surface area (Å²) in [7, 11) is 0. The van der Waals surface area contributed by atoms with Crippen LogP contribution in [0.15, 0.2) is 67.0 Å². The Morgan fingerprint density at radius 3 is 2.57 bits per heavy atom. The minimum absolute atomic E-state index is 0.177. The van der Waals surface area contributed by atoms with Crippen LogP contribution < -0.4 is 5.32 Å². The third kappa shape index (κ3) is 4.20. The van der Waals surface area contributed by atoms with Gasteiger partial charge in [-0.1, -0.05) is 41.9 Å². The second kappa shape index (κ2) is 7.11. The van der Waals surface area contributed by atoms with E-state index in [0.717, 1.165) is 13.0 Å². The van der Waals surface area contributed by atoms with Crippen molar-refractivity contribution in [1.82, 2.24) is 9.78 Å². The number of aryl methyl sites for hydroxylation is 2. The van der Waals surface area contributed by atoms with E-state index < -0.39 is 0 Å². The summed E-state index contributed by atoms with van der Waals surface area (Å²) in [5.74, 6) is -0.177. The van der Waals surface area contributed by atoms with Crippen molar-refractivity contribution in [1.29, 1.82) is 0 Å². The van der Waals surface area contributed by atoms with Gasteiger partial charge in [0.25, 0.3) is 5.91 Å². The number of hydrogen-bond acceptors (Lipinski definition) is 2. The maximum absolute atomic E-state index is 12.1. The summed E-state index contributed by atoms with van der Waals surface area (Å²) in [4.78, 5) is 12.1. The topological polar surface area (TPSA) is 46.9 Å². The highest BCUT2D eigenvalue weighted by Crippen LogP contribution is 2.12. The molecule has 0 bridgehead atoms. The summed E-state index contributed by atoms with van der Waals surface area (Å²) >= 11 is 5.82. The van der Waals surface area contributed by atoms with Crippen LogP contribution in [0.2, 0.25) is 5.02 Å². The molecule has 0 fully saturated rings. The highest BCUT2D eigenvalue weighted by Gasteiger charge is 2.07. The van der Waals surface area contributed by atoms with Gasteiger partial charge in [0.2, 0.25) is 0 Å². The highest BCUT2D eigenvalue weighted by atomic mass is 35.5. The molecule has 3 rings (SSSR count). The van der Waals surface area contributed by atoms with Gasteiger partial charge < -0.3 is 5.32 Å². The van der Waals surface area contributed by atoms with Crippen LogP contribution in [-0.2, 0) is 13.0 Å². The predicted molar refractivity (Wildman–Crippen MR) is 91.8 cm³/mol. The number of hydrogen-bond donors (Lipinski definition) is 1. The van der Waals surface area contributed by atoms with Crippen molar-refractivity contribution in [2.24, 2.45) is 0 Å². The Hall–Kier alpha value is -2.59. The molecule has 0 aliphatic carbocycles. The van der Waals surface area contributed by atoms with E-state index in [-0.39, 0.29) is 5.91 Å². The van der Waals surface area contributed by atoms with Gasteiger partial charge in [-0.15, -0.1) is 0 Å². The molecule has 3 aromatic rings. The van der Waals surface area contributed by atoms with E-state index in [1.54, 1.807) is 30.5 Å². The zero-order chi connectivity index (χ0) is 16.1. The zero-order valence-electron chi connectivity index (χ0n) is 12.4. The molecule has 0 saturated carbocycles. The van der Waals surface area contributed by atoms with Gasteiger partial charge in [-0.05, 0) is 36.2 Å². The van der Waals surface area contributed by atoms with E-state index in [0.29, 0.717) is 16.3 Å². The lowest BCUT2D eigenvalue weighted by Gasteiger charge is -2.03. The molecule has 0 radical (unpaired) electrons. The Morgan fingerprint density at radius 2 is 1.83 bits per heavy atom. The number of benzene rings is 2. The first-order valence-corrected chi connectivity index (χ1v) is 7.72. The second-order valence-corrected chi connectivity index (χ2v) is 5.63. The molecule has 2 aromatic carbocycles. The summed E-state index contributed by atoms with van der Waals surface area (Å²) in [6.45, 7) is 0.765. The van der Waals surface area contributed by atoms with Crippen LogP contribution in [0.25, 0.3) is 0 Å². The van der Waals surface area contributed by atoms with Gasteiger partial charge in [0, 0.05) is 23.3 Å². The largest absolute Gasteiger partial charge is 0.319 e. The fourth-order valence-electron chi connectivity index (χ4n) is 2.24. The minimum Gasteiger partial charge on any atom is -0.319 e. The number of aromatic nitrogens is 2. The van der Waals surface area contributed by atoms with Gasteiger partial charge in [-0.2, -0.15) is 5.10 Å². The van der Waals surface area contributed by atoms with E-state index >= 15 is 0 Å². The highest BCUT2D eigenvalue weighted by molar-refractivity contribution is 6.30. The Labute approximate surface area is 139 Å². The summed E-state index contributed by atoms with van der Waals surface area (Å²) in [5.41, 5.74) is 2.50. The van der Waals surface area contributed by atoms with Crippen LogP contribution in [0.5, 0.6) is 0 Å². The molecule has 1 amide bonds. The molecular weight excluding hydrogens is 310 g/mol. The first-order chi connectivity index (χ1) is 11.2. The van der Waals surface area contributed by atoms with Crippen LogP contribution in [0.1, 0.15) is 15.9 Å². The number of halogens is 1. The summed E-state index contributed by atoms with van der Waals surface area (Å²) in [5, 5.41) is 7.71.